The lowest BCUT2D eigenvalue weighted by Crippen LogP contribution is -2.35. The molecule has 0 atom stereocenters. The molecule has 3 aromatic rings. The summed E-state index contributed by atoms with van der Waals surface area (Å²) in [5.74, 6) is -0.581. The van der Waals surface area contributed by atoms with Crippen LogP contribution in [0.15, 0.2) is 18.2 Å². The molecule has 0 spiro atoms. The quantitative estimate of drug-likeness (QED) is 0.577. The van der Waals surface area contributed by atoms with E-state index in [1.54, 1.807) is 17.4 Å². The lowest BCUT2D eigenvalue weighted by molar-refractivity contribution is 0.0526. The minimum Gasteiger partial charge on any atom is -0.462 e. The number of aromatic nitrogens is 1. The summed E-state index contributed by atoms with van der Waals surface area (Å²) in [5.41, 5.74) is 2.43. The molecular formula is C20H22FN3O2S2. The summed E-state index contributed by atoms with van der Waals surface area (Å²) < 4.78 is 19.6. The van der Waals surface area contributed by atoms with E-state index in [0.29, 0.717) is 23.3 Å². The smallest absolute Gasteiger partial charge is 0.341 e. The molecule has 0 fully saturated rings. The van der Waals surface area contributed by atoms with Crippen molar-refractivity contribution in [1.29, 1.82) is 0 Å². The number of ether oxygens (including phenoxy) is 1. The summed E-state index contributed by atoms with van der Waals surface area (Å²) in [6.45, 7) is 8.27. The molecule has 28 heavy (non-hydrogen) atoms. The maximum Gasteiger partial charge on any atom is 0.341 e. The number of carbonyl (C=O) groups excluding carboxylic acids is 1. The number of benzene rings is 1. The highest BCUT2D eigenvalue weighted by Crippen LogP contribution is 2.40. The van der Waals surface area contributed by atoms with E-state index in [2.05, 4.69) is 29.0 Å². The zero-order valence-corrected chi connectivity index (χ0v) is 17.7. The van der Waals surface area contributed by atoms with E-state index in [4.69, 9.17) is 4.74 Å². The van der Waals surface area contributed by atoms with E-state index in [1.165, 1.54) is 28.3 Å². The number of hydrogen-bond donors (Lipinski definition) is 1. The second-order valence-electron chi connectivity index (χ2n) is 7.00. The first-order chi connectivity index (χ1) is 13.5. The predicted octanol–water partition coefficient (Wildman–Crippen LogP) is 5.18. The number of anilines is 2. The molecule has 0 saturated heterocycles. The van der Waals surface area contributed by atoms with E-state index in [-0.39, 0.29) is 11.8 Å². The highest BCUT2D eigenvalue weighted by Gasteiger charge is 2.30. The maximum atomic E-state index is 13.5. The van der Waals surface area contributed by atoms with E-state index >= 15 is 0 Å². The molecule has 0 bridgehead atoms. The van der Waals surface area contributed by atoms with Crippen molar-refractivity contribution < 1.29 is 13.9 Å². The van der Waals surface area contributed by atoms with Crippen molar-refractivity contribution in [3.05, 3.63) is 40.0 Å². The van der Waals surface area contributed by atoms with Crippen LogP contribution in [0.5, 0.6) is 0 Å². The van der Waals surface area contributed by atoms with E-state index in [9.17, 15) is 9.18 Å². The Morgan fingerprint density at radius 1 is 1.39 bits per heavy atom. The topological polar surface area (TPSA) is 54.5 Å². The molecule has 0 aliphatic carbocycles. The number of esters is 1. The summed E-state index contributed by atoms with van der Waals surface area (Å²) in [7, 11) is 0. The number of hydrogen-bond acceptors (Lipinski definition) is 7. The molecule has 5 nitrogen and oxygen atoms in total. The number of nitrogens with zero attached hydrogens (tertiary/aromatic N) is 2. The van der Waals surface area contributed by atoms with E-state index < -0.39 is 0 Å². The zero-order valence-electron chi connectivity index (χ0n) is 16.0. The highest BCUT2D eigenvalue weighted by atomic mass is 32.1. The van der Waals surface area contributed by atoms with Crippen molar-refractivity contribution >= 4 is 49.0 Å². The first kappa shape index (κ1) is 19.3. The summed E-state index contributed by atoms with van der Waals surface area (Å²) in [6.07, 6.45) is 0.824. The second kappa shape index (κ2) is 7.77. The third-order valence-corrected chi connectivity index (χ3v) is 6.93. The fraction of sp³-hybridized carbons (Fsp3) is 0.400. The van der Waals surface area contributed by atoms with Gasteiger partial charge in [-0.25, -0.2) is 14.2 Å². The molecule has 8 heteroatoms. The summed E-state index contributed by atoms with van der Waals surface area (Å²) in [4.78, 5) is 20.8. The van der Waals surface area contributed by atoms with Gasteiger partial charge in [-0.05, 0) is 51.0 Å². The first-order valence-corrected chi connectivity index (χ1v) is 11.0. The van der Waals surface area contributed by atoms with Gasteiger partial charge in [0.25, 0.3) is 0 Å². The molecule has 4 rings (SSSR count). The van der Waals surface area contributed by atoms with Crippen LogP contribution in [0.3, 0.4) is 0 Å². The van der Waals surface area contributed by atoms with Crippen molar-refractivity contribution in [3.63, 3.8) is 0 Å². The number of fused-ring (bicyclic) bond motifs is 2. The average Bonchev–Trinajstić information content (AvgIpc) is 3.20. The normalized spacial score (nSPS) is 14.5. The standard InChI is InChI=1S/C20H22FN3O2S2/c1-4-26-19(25)17-13-7-8-24(11(2)3)10-16(13)27-18(17)23-20-22-14-6-5-12(21)9-15(14)28-20/h5-6,9,11H,4,7-8,10H2,1-3H3,(H,22,23). The Kier molecular flexibility index (Phi) is 5.35. The number of thiophene rings is 1. The van der Waals surface area contributed by atoms with Crippen LogP contribution < -0.4 is 5.32 Å². The monoisotopic (exact) mass is 419 g/mol. The van der Waals surface area contributed by atoms with Gasteiger partial charge in [0.05, 0.1) is 22.4 Å². The fourth-order valence-electron chi connectivity index (χ4n) is 3.42. The van der Waals surface area contributed by atoms with Gasteiger partial charge in [0.15, 0.2) is 5.13 Å². The van der Waals surface area contributed by atoms with Crippen molar-refractivity contribution in [2.45, 2.75) is 39.8 Å². The second-order valence-corrected chi connectivity index (χ2v) is 9.13. The molecule has 0 radical (unpaired) electrons. The number of carbonyl (C=O) groups is 1. The van der Waals surface area contributed by atoms with Crippen LogP contribution in [-0.4, -0.2) is 35.0 Å². The average molecular weight is 420 g/mol. The lowest BCUT2D eigenvalue weighted by atomic mass is 10.0. The summed E-state index contributed by atoms with van der Waals surface area (Å²) >= 11 is 2.96. The van der Waals surface area contributed by atoms with Gasteiger partial charge < -0.3 is 10.1 Å². The van der Waals surface area contributed by atoms with Crippen molar-refractivity contribution in [1.82, 2.24) is 9.88 Å². The van der Waals surface area contributed by atoms with Gasteiger partial charge in [-0.3, -0.25) is 4.90 Å². The third-order valence-electron chi connectivity index (χ3n) is 4.87. The predicted molar refractivity (Wildman–Crippen MR) is 112 cm³/mol. The van der Waals surface area contributed by atoms with Crippen LogP contribution in [0, 0.1) is 5.82 Å². The minimum absolute atomic E-state index is 0.282. The Morgan fingerprint density at radius 2 is 2.21 bits per heavy atom. The zero-order chi connectivity index (χ0) is 19.8. The fourth-order valence-corrected chi connectivity index (χ4v) is 5.64. The largest absolute Gasteiger partial charge is 0.462 e. The molecule has 0 unspecified atom stereocenters. The molecule has 1 aliphatic heterocycles. The highest BCUT2D eigenvalue weighted by molar-refractivity contribution is 7.23. The van der Waals surface area contributed by atoms with Crippen LogP contribution in [0.2, 0.25) is 0 Å². The van der Waals surface area contributed by atoms with Gasteiger partial charge in [-0.2, -0.15) is 0 Å². The molecule has 1 aliphatic rings. The Labute approximate surface area is 171 Å². The van der Waals surface area contributed by atoms with Crippen molar-refractivity contribution in [2.24, 2.45) is 0 Å². The number of thiazole rings is 1. The van der Waals surface area contributed by atoms with Crippen LogP contribution >= 0.6 is 22.7 Å². The number of halogens is 1. The van der Waals surface area contributed by atoms with Gasteiger partial charge in [0.1, 0.15) is 10.8 Å². The Bertz CT molecular complexity index is 1030. The Hall–Kier alpha value is -2.03. The van der Waals surface area contributed by atoms with Crippen LogP contribution in [0.4, 0.5) is 14.5 Å². The molecule has 0 amide bonds. The number of rotatable bonds is 5. The van der Waals surface area contributed by atoms with Crippen LogP contribution in [0.1, 0.15) is 41.6 Å². The maximum absolute atomic E-state index is 13.5. The Balaban J connectivity index is 1.71. The molecular weight excluding hydrogens is 397 g/mol. The molecule has 0 saturated carbocycles. The molecule has 1 N–H and O–H groups in total. The van der Waals surface area contributed by atoms with Gasteiger partial charge in [-0.15, -0.1) is 11.3 Å². The van der Waals surface area contributed by atoms with Gasteiger partial charge in [0.2, 0.25) is 0 Å². The first-order valence-electron chi connectivity index (χ1n) is 9.35. The summed E-state index contributed by atoms with van der Waals surface area (Å²) in [6, 6.07) is 5.00. The van der Waals surface area contributed by atoms with Gasteiger partial charge in [0, 0.05) is 24.0 Å². The van der Waals surface area contributed by atoms with E-state index in [1.807, 2.05) is 6.92 Å². The SMILES string of the molecule is CCOC(=O)c1c(Nc2nc3ccc(F)cc3s2)sc2c1CCN(C(C)C)C2. The molecule has 148 valence electrons. The minimum atomic E-state index is -0.298. The van der Waals surface area contributed by atoms with Crippen molar-refractivity contribution in [2.75, 3.05) is 18.5 Å². The Morgan fingerprint density at radius 3 is 2.96 bits per heavy atom. The van der Waals surface area contributed by atoms with Crippen molar-refractivity contribution in [3.8, 4) is 0 Å². The van der Waals surface area contributed by atoms with Crippen LogP contribution in [0.25, 0.3) is 10.2 Å². The number of nitrogens with one attached hydrogen (secondary N) is 1. The summed E-state index contributed by atoms with van der Waals surface area (Å²) in [5, 5.41) is 4.71. The lowest BCUT2D eigenvalue weighted by Gasteiger charge is -2.30. The van der Waals surface area contributed by atoms with Gasteiger partial charge in [-0.1, -0.05) is 11.3 Å². The molecule has 3 heterocycles. The van der Waals surface area contributed by atoms with Crippen LogP contribution in [-0.2, 0) is 17.7 Å². The van der Waals surface area contributed by atoms with Gasteiger partial charge >= 0.3 is 5.97 Å². The van der Waals surface area contributed by atoms with E-state index in [0.717, 1.165) is 40.3 Å². The third kappa shape index (κ3) is 3.64. The molecule has 2 aromatic heterocycles. The molecule has 1 aromatic carbocycles.